The third-order valence-corrected chi connectivity index (χ3v) is 3.59. The molecule has 1 saturated carbocycles. The smallest absolute Gasteiger partial charge is 0.379 e. The summed E-state index contributed by atoms with van der Waals surface area (Å²) in [6.45, 7) is 3.91. The van der Waals surface area contributed by atoms with Crippen molar-refractivity contribution in [1.29, 1.82) is 0 Å². The fraction of sp³-hybridized carbons (Fsp3) is 0.625. The zero-order valence-electron chi connectivity index (χ0n) is 12.2. The maximum Gasteiger partial charge on any atom is 0.416 e. The molecule has 0 saturated heterocycles. The number of nitrogens with one attached hydrogen (secondary N) is 1. The topological polar surface area (TPSA) is 21.3 Å². The summed E-state index contributed by atoms with van der Waals surface area (Å²) in [5.74, 6) is 0.651. The highest BCUT2D eigenvalue weighted by atomic mass is 19.4. The molecule has 2 nitrogen and oxygen atoms in total. The van der Waals surface area contributed by atoms with Crippen molar-refractivity contribution in [2.75, 3.05) is 19.8 Å². The van der Waals surface area contributed by atoms with Gasteiger partial charge in [0.05, 0.1) is 18.2 Å². The van der Waals surface area contributed by atoms with Crippen LogP contribution in [0.15, 0.2) is 24.3 Å². The highest BCUT2D eigenvalue weighted by Gasteiger charge is 2.31. The summed E-state index contributed by atoms with van der Waals surface area (Å²) in [4.78, 5) is 0. The molecule has 1 aliphatic rings. The van der Waals surface area contributed by atoms with Gasteiger partial charge in [0.2, 0.25) is 0 Å². The van der Waals surface area contributed by atoms with Crippen LogP contribution in [-0.2, 0) is 10.9 Å². The minimum Gasteiger partial charge on any atom is -0.379 e. The van der Waals surface area contributed by atoms with Crippen LogP contribution in [0.25, 0.3) is 0 Å². The van der Waals surface area contributed by atoms with Gasteiger partial charge in [0.1, 0.15) is 0 Å². The summed E-state index contributed by atoms with van der Waals surface area (Å²) in [6.07, 6.45) is -0.967. The number of halogens is 3. The second kappa shape index (κ2) is 7.27. The van der Waals surface area contributed by atoms with Crippen LogP contribution in [0.5, 0.6) is 0 Å². The highest BCUT2D eigenvalue weighted by Crippen LogP contribution is 2.31. The summed E-state index contributed by atoms with van der Waals surface area (Å²) in [6, 6.07) is 5.31. The Morgan fingerprint density at radius 1 is 1.33 bits per heavy atom. The molecule has 1 unspecified atom stereocenters. The van der Waals surface area contributed by atoms with E-state index in [9.17, 15) is 13.2 Å². The predicted molar refractivity (Wildman–Crippen MR) is 76.0 cm³/mol. The zero-order chi connectivity index (χ0) is 15.3. The molecule has 0 radical (unpaired) electrons. The summed E-state index contributed by atoms with van der Waals surface area (Å²) in [7, 11) is 0. The van der Waals surface area contributed by atoms with Gasteiger partial charge < -0.3 is 10.1 Å². The molecule has 2 rings (SSSR count). The van der Waals surface area contributed by atoms with Crippen molar-refractivity contribution in [2.45, 2.75) is 38.4 Å². The van der Waals surface area contributed by atoms with Gasteiger partial charge in [-0.05, 0) is 49.4 Å². The standard InChI is InChI=1S/C16H22F3NO/c1-2-8-20-15(11-21-10-12-6-7-12)13-4-3-5-14(9-13)16(17,18)19/h3-5,9,12,15,20H,2,6-8,10-11H2,1H3. The van der Waals surface area contributed by atoms with E-state index in [1.165, 1.54) is 25.0 Å². The van der Waals surface area contributed by atoms with Crippen LogP contribution < -0.4 is 5.32 Å². The number of rotatable bonds is 8. The fourth-order valence-electron chi connectivity index (χ4n) is 2.16. The van der Waals surface area contributed by atoms with Gasteiger partial charge in [-0.1, -0.05) is 19.1 Å². The normalized spacial score (nSPS) is 17.0. The van der Waals surface area contributed by atoms with Crippen LogP contribution in [0.1, 0.15) is 43.4 Å². The van der Waals surface area contributed by atoms with E-state index in [4.69, 9.17) is 4.74 Å². The Morgan fingerprint density at radius 3 is 2.71 bits per heavy atom. The third kappa shape index (κ3) is 5.32. The second-order valence-electron chi connectivity index (χ2n) is 5.61. The van der Waals surface area contributed by atoms with E-state index in [1.807, 2.05) is 6.92 Å². The SMILES string of the molecule is CCCNC(COCC1CC1)c1cccc(C(F)(F)F)c1. The molecule has 21 heavy (non-hydrogen) atoms. The zero-order valence-corrected chi connectivity index (χ0v) is 12.2. The fourth-order valence-corrected chi connectivity index (χ4v) is 2.16. The van der Waals surface area contributed by atoms with Crippen LogP contribution in [0.2, 0.25) is 0 Å². The van der Waals surface area contributed by atoms with Gasteiger partial charge in [-0.2, -0.15) is 13.2 Å². The van der Waals surface area contributed by atoms with Crippen molar-refractivity contribution < 1.29 is 17.9 Å². The van der Waals surface area contributed by atoms with Crippen molar-refractivity contribution >= 4 is 0 Å². The molecule has 118 valence electrons. The Labute approximate surface area is 123 Å². The number of benzene rings is 1. The van der Waals surface area contributed by atoms with Gasteiger partial charge in [-0.3, -0.25) is 0 Å². The van der Waals surface area contributed by atoms with Gasteiger partial charge in [0, 0.05) is 6.61 Å². The molecule has 1 fully saturated rings. The van der Waals surface area contributed by atoms with Crippen LogP contribution in [0, 0.1) is 5.92 Å². The maximum atomic E-state index is 12.8. The van der Waals surface area contributed by atoms with E-state index in [2.05, 4.69) is 5.32 Å². The minimum atomic E-state index is -4.31. The lowest BCUT2D eigenvalue weighted by molar-refractivity contribution is -0.137. The number of ether oxygens (including phenoxy) is 1. The number of hydrogen-bond acceptors (Lipinski definition) is 2. The van der Waals surface area contributed by atoms with Crippen LogP contribution >= 0.6 is 0 Å². The average molecular weight is 301 g/mol. The summed E-state index contributed by atoms with van der Waals surface area (Å²) in [5, 5.41) is 3.27. The van der Waals surface area contributed by atoms with Crippen molar-refractivity contribution in [1.82, 2.24) is 5.32 Å². The molecular formula is C16H22F3NO. The molecule has 0 bridgehead atoms. The molecule has 1 N–H and O–H groups in total. The number of hydrogen-bond donors (Lipinski definition) is 1. The van der Waals surface area contributed by atoms with Crippen molar-refractivity contribution in [3.8, 4) is 0 Å². The Hall–Kier alpha value is -1.07. The third-order valence-electron chi connectivity index (χ3n) is 3.59. The van der Waals surface area contributed by atoms with Crippen molar-refractivity contribution in [3.05, 3.63) is 35.4 Å². The van der Waals surface area contributed by atoms with Crippen molar-refractivity contribution in [2.24, 2.45) is 5.92 Å². The van der Waals surface area contributed by atoms with Gasteiger partial charge in [-0.25, -0.2) is 0 Å². The first-order valence-corrected chi connectivity index (χ1v) is 7.49. The lowest BCUT2D eigenvalue weighted by Gasteiger charge is -2.20. The van der Waals surface area contributed by atoms with Crippen LogP contribution in [0.3, 0.4) is 0 Å². The minimum absolute atomic E-state index is 0.189. The highest BCUT2D eigenvalue weighted by molar-refractivity contribution is 5.28. The Bertz CT molecular complexity index is 443. The van der Waals surface area contributed by atoms with Crippen LogP contribution in [0.4, 0.5) is 13.2 Å². The van der Waals surface area contributed by atoms with E-state index in [0.717, 1.165) is 19.0 Å². The van der Waals surface area contributed by atoms with Gasteiger partial charge in [-0.15, -0.1) is 0 Å². The lowest BCUT2D eigenvalue weighted by atomic mass is 10.0. The van der Waals surface area contributed by atoms with Gasteiger partial charge in [0.15, 0.2) is 0 Å². The molecule has 0 aliphatic heterocycles. The predicted octanol–water partition coefficient (Wildman–Crippen LogP) is 4.17. The second-order valence-corrected chi connectivity index (χ2v) is 5.61. The quantitative estimate of drug-likeness (QED) is 0.778. The molecule has 1 aliphatic carbocycles. The summed E-state index contributed by atoms with van der Waals surface area (Å²) < 4.78 is 44.0. The molecule has 0 amide bonds. The van der Waals surface area contributed by atoms with Gasteiger partial charge in [0.25, 0.3) is 0 Å². The largest absolute Gasteiger partial charge is 0.416 e. The van der Waals surface area contributed by atoms with E-state index in [-0.39, 0.29) is 6.04 Å². The van der Waals surface area contributed by atoms with E-state index < -0.39 is 11.7 Å². The summed E-state index contributed by atoms with van der Waals surface area (Å²) in [5.41, 5.74) is 0.0274. The molecule has 0 spiro atoms. The lowest BCUT2D eigenvalue weighted by Crippen LogP contribution is -2.27. The average Bonchev–Trinajstić information content (AvgIpc) is 3.26. The number of alkyl halides is 3. The first-order valence-electron chi connectivity index (χ1n) is 7.49. The molecule has 1 aromatic rings. The summed E-state index contributed by atoms with van der Waals surface area (Å²) >= 11 is 0. The van der Waals surface area contributed by atoms with Crippen molar-refractivity contribution in [3.63, 3.8) is 0 Å². The molecule has 1 aromatic carbocycles. The molecule has 1 atom stereocenters. The Kier molecular flexibility index (Phi) is 5.65. The molecule has 5 heteroatoms. The Balaban J connectivity index is 2.02. The van der Waals surface area contributed by atoms with Gasteiger partial charge >= 0.3 is 6.18 Å². The van der Waals surface area contributed by atoms with E-state index in [0.29, 0.717) is 24.7 Å². The van der Waals surface area contributed by atoms with E-state index >= 15 is 0 Å². The molecular weight excluding hydrogens is 279 g/mol. The molecule has 0 heterocycles. The van der Waals surface area contributed by atoms with Crippen LogP contribution in [-0.4, -0.2) is 19.8 Å². The first kappa shape index (κ1) is 16.3. The van der Waals surface area contributed by atoms with E-state index in [1.54, 1.807) is 6.07 Å². The maximum absolute atomic E-state index is 12.8. The first-order chi connectivity index (χ1) is 10.0. The Morgan fingerprint density at radius 2 is 2.10 bits per heavy atom. The monoisotopic (exact) mass is 301 g/mol. The molecule has 0 aromatic heterocycles.